The van der Waals surface area contributed by atoms with Crippen molar-refractivity contribution in [1.29, 1.82) is 0 Å². The van der Waals surface area contributed by atoms with Crippen molar-refractivity contribution < 1.29 is 4.79 Å². The third-order valence-corrected chi connectivity index (χ3v) is 3.82. The molecule has 0 fully saturated rings. The quantitative estimate of drug-likeness (QED) is 0.732. The largest absolute Gasteiger partial charge is 0.299 e. The van der Waals surface area contributed by atoms with Crippen LogP contribution < -0.4 is 0 Å². The van der Waals surface area contributed by atoms with Crippen LogP contribution in [0.5, 0.6) is 0 Å². The van der Waals surface area contributed by atoms with Crippen molar-refractivity contribution in [3.63, 3.8) is 0 Å². The van der Waals surface area contributed by atoms with E-state index in [4.69, 9.17) is 0 Å². The SMILES string of the molecule is CCCC(=O)C(C)C(c1ccccc1)c1ccccc1. The molecule has 1 heteroatoms. The molecule has 0 aromatic heterocycles. The molecule has 1 unspecified atom stereocenters. The predicted molar refractivity (Wildman–Crippen MR) is 83.8 cm³/mol. The van der Waals surface area contributed by atoms with Gasteiger partial charge in [-0.3, -0.25) is 4.79 Å². The van der Waals surface area contributed by atoms with Gasteiger partial charge in [0.1, 0.15) is 5.78 Å². The van der Waals surface area contributed by atoms with Crippen LogP contribution in [0.2, 0.25) is 0 Å². The van der Waals surface area contributed by atoms with Crippen LogP contribution in [-0.4, -0.2) is 5.78 Å². The number of hydrogen-bond acceptors (Lipinski definition) is 1. The zero-order valence-corrected chi connectivity index (χ0v) is 12.3. The molecule has 20 heavy (non-hydrogen) atoms. The Morgan fingerprint density at radius 2 is 1.35 bits per heavy atom. The molecule has 0 amide bonds. The normalized spacial score (nSPS) is 12.3. The third-order valence-electron chi connectivity index (χ3n) is 3.82. The van der Waals surface area contributed by atoms with Crippen LogP contribution in [0.3, 0.4) is 0 Å². The summed E-state index contributed by atoms with van der Waals surface area (Å²) in [6.07, 6.45) is 1.58. The van der Waals surface area contributed by atoms with E-state index in [1.54, 1.807) is 0 Å². The van der Waals surface area contributed by atoms with Gasteiger partial charge in [0.25, 0.3) is 0 Å². The topological polar surface area (TPSA) is 17.1 Å². The second-order valence-electron chi connectivity index (χ2n) is 5.30. The molecule has 1 atom stereocenters. The molecule has 0 aliphatic carbocycles. The summed E-state index contributed by atoms with van der Waals surface area (Å²) in [7, 11) is 0. The van der Waals surface area contributed by atoms with Gasteiger partial charge >= 0.3 is 0 Å². The minimum Gasteiger partial charge on any atom is -0.299 e. The lowest BCUT2D eigenvalue weighted by Crippen LogP contribution is -2.20. The van der Waals surface area contributed by atoms with Gasteiger partial charge in [0.05, 0.1) is 0 Å². The lowest BCUT2D eigenvalue weighted by atomic mass is 9.79. The molecule has 2 rings (SSSR count). The average molecular weight is 266 g/mol. The molecule has 0 bridgehead atoms. The molecule has 0 N–H and O–H groups in total. The van der Waals surface area contributed by atoms with Crippen molar-refractivity contribution in [3.05, 3.63) is 71.8 Å². The second kappa shape index (κ2) is 7.04. The molecule has 104 valence electrons. The van der Waals surface area contributed by atoms with Gasteiger partial charge in [0, 0.05) is 18.3 Å². The Balaban J connectivity index is 2.37. The molecule has 1 nitrogen and oxygen atoms in total. The van der Waals surface area contributed by atoms with E-state index < -0.39 is 0 Å². The van der Waals surface area contributed by atoms with Gasteiger partial charge in [-0.15, -0.1) is 0 Å². The summed E-state index contributed by atoms with van der Waals surface area (Å²) < 4.78 is 0. The van der Waals surface area contributed by atoms with E-state index in [2.05, 4.69) is 38.1 Å². The van der Waals surface area contributed by atoms with Crippen molar-refractivity contribution in [2.24, 2.45) is 5.92 Å². The van der Waals surface area contributed by atoms with Crippen LogP contribution in [0.4, 0.5) is 0 Å². The molecule has 0 heterocycles. The van der Waals surface area contributed by atoms with Crippen LogP contribution in [0, 0.1) is 5.92 Å². The number of carbonyl (C=O) groups is 1. The van der Waals surface area contributed by atoms with Crippen molar-refractivity contribution in [2.45, 2.75) is 32.6 Å². The Hall–Kier alpha value is -1.89. The summed E-state index contributed by atoms with van der Waals surface area (Å²) in [4.78, 5) is 12.3. The van der Waals surface area contributed by atoms with E-state index in [9.17, 15) is 4.79 Å². The Morgan fingerprint density at radius 3 is 1.75 bits per heavy atom. The summed E-state index contributed by atoms with van der Waals surface area (Å²) in [6, 6.07) is 20.7. The van der Waals surface area contributed by atoms with E-state index in [1.165, 1.54) is 11.1 Å². The van der Waals surface area contributed by atoms with Gasteiger partial charge in [-0.1, -0.05) is 74.5 Å². The molecule has 0 saturated heterocycles. The summed E-state index contributed by atoms with van der Waals surface area (Å²) in [5, 5.41) is 0. The Kier molecular flexibility index (Phi) is 5.11. The fraction of sp³-hybridized carbons (Fsp3) is 0.316. The van der Waals surface area contributed by atoms with Gasteiger partial charge in [-0.25, -0.2) is 0 Å². The first-order valence-electron chi connectivity index (χ1n) is 7.36. The van der Waals surface area contributed by atoms with Gasteiger partial charge in [0.2, 0.25) is 0 Å². The minimum absolute atomic E-state index is 0.0137. The lowest BCUT2D eigenvalue weighted by Gasteiger charge is -2.24. The van der Waals surface area contributed by atoms with Crippen LogP contribution in [0.1, 0.15) is 43.7 Å². The van der Waals surface area contributed by atoms with Gasteiger partial charge in [-0.05, 0) is 17.5 Å². The van der Waals surface area contributed by atoms with Crippen molar-refractivity contribution >= 4 is 5.78 Å². The minimum atomic E-state index is 0.0137. The summed E-state index contributed by atoms with van der Waals surface area (Å²) in [5.41, 5.74) is 2.44. The first-order valence-corrected chi connectivity index (χ1v) is 7.36. The van der Waals surface area contributed by atoms with Crippen LogP contribution in [0.15, 0.2) is 60.7 Å². The van der Waals surface area contributed by atoms with Gasteiger partial charge < -0.3 is 0 Å². The molecular weight excluding hydrogens is 244 g/mol. The highest BCUT2D eigenvalue weighted by molar-refractivity contribution is 5.82. The molecular formula is C19H22O. The molecule has 0 radical (unpaired) electrons. The van der Waals surface area contributed by atoms with E-state index in [1.807, 2.05) is 36.4 Å². The molecule has 0 saturated carbocycles. The first-order chi connectivity index (χ1) is 9.74. The standard InChI is InChI=1S/C19H22O/c1-3-10-18(20)15(2)19(16-11-6-4-7-12-16)17-13-8-5-9-14-17/h4-9,11-15,19H,3,10H2,1-2H3. The summed E-state index contributed by atoms with van der Waals surface area (Å²) in [5.74, 6) is 0.515. The highest BCUT2D eigenvalue weighted by atomic mass is 16.1. The average Bonchev–Trinajstić information content (AvgIpc) is 2.50. The van der Waals surface area contributed by atoms with Crippen molar-refractivity contribution in [3.8, 4) is 0 Å². The number of benzene rings is 2. The van der Waals surface area contributed by atoms with E-state index in [-0.39, 0.29) is 11.8 Å². The molecule has 2 aromatic carbocycles. The third kappa shape index (κ3) is 3.36. The Labute approximate surface area is 121 Å². The first kappa shape index (κ1) is 14.5. The molecule has 2 aromatic rings. The summed E-state index contributed by atoms with van der Waals surface area (Å²) >= 11 is 0. The van der Waals surface area contributed by atoms with Crippen LogP contribution >= 0.6 is 0 Å². The number of Topliss-reactive ketones (excluding diaryl/α,β-unsaturated/α-hetero) is 1. The highest BCUT2D eigenvalue weighted by Gasteiger charge is 2.25. The maximum Gasteiger partial charge on any atom is 0.136 e. The monoisotopic (exact) mass is 266 g/mol. The zero-order valence-electron chi connectivity index (χ0n) is 12.3. The Bertz CT molecular complexity index is 491. The molecule has 0 spiro atoms. The van der Waals surface area contributed by atoms with Crippen molar-refractivity contribution in [1.82, 2.24) is 0 Å². The van der Waals surface area contributed by atoms with Crippen molar-refractivity contribution in [2.75, 3.05) is 0 Å². The molecule has 0 aliphatic heterocycles. The van der Waals surface area contributed by atoms with Crippen LogP contribution in [0.25, 0.3) is 0 Å². The number of hydrogen-bond donors (Lipinski definition) is 0. The van der Waals surface area contributed by atoms with Crippen LogP contribution in [-0.2, 0) is 4.79 Å². The second-order valence-corrected chi connectivity index (χ2v) is 5.30. The van der Waals surface area contributed by atoms with E-state index in [0.717, 1.165) is 6.42 Å². The summed E-state index contributed by atoms with van der Waals surface area (Å²) in [6.45, 7) is 4.12. The number of rotatable bonds is 6. The predicted octanol–water partition coefficient (Wildman–Crippen LogP) is 4.82. The zero-order chi connectivity index (χ0) is 14.4. The smallest absolute Gasteiger partial charge is 0.136 e. The maximum absolute atomic E-state index is 12.3. The maximum atomic E-state index is 12.3. The fourth-order valence-electron chi connectivity index (χ4n) is 2.75. The van der Waals surface area contributed by atoms with E-state index in [0.29, 0.717) is 12.2 Å². The highest BCUT2D eigenvalue weighted by Crippen LogP contribution is 2.33. The lowest BCUT2D eigenvalue weighted by molar-refractivity contribution is -0.122. The van der Waals surface area contributed by atoms with E-state index >= 15 is 0 Å². The Morgan fingerprint density at radius 1 is 0.900 bits per heavy atom. The van der Waals surface area contributed by atoms with Gasteiger partial charge in [-0.2, -0.15) is 0 Å². The number of carbonyl (C=O) groups excluding carboxylic acids is 1. The van der Waals surface area contributed by atoms with Gasteiger partial charge in [0.15, 0.2) is 0 Å². The molecule has 0 aliphatic rings. The fourth-order valence-corrected chi connectivity index (χ4v) is 2.75. The number of ketones is 1.